The Morgan fingerprint density at radius 1 is 0.815 bits per heavy atom. The number of hydrogen-bond donors (Lipinski definition) is 3. The molecule has 2 rings (SSSR count). The van der Waals surface area contributed by atoms with Gasteiger partial charge in [-0.2, -0.15) is 0 Å². The standard InChI is InChI=1S/C19H20ClN3O4/c20-15-6-8-16(9-7-15)27-13-18(25)22-11-10-21-17(24)12-23-19(26)14-4-2-1-3-5-14/h1-9H,10-13H2,(H,21,24)(H,22,25)(H,23,26). The van der Waals surface area contributed by atoms with E-state index in [0.717, 1.165) is 0 Å². The van der Waals surface area contributed by atoms with Crippen molar-refractivity contribution < 1.29 is 19.1 Å². The molecular formula is C19H20ClN3O4. The Morgan fingerprint density at radius 2 is 1.44 bits per heavy atom. The lowest BCUT2D eigenvalue weighted by Gasteiger charge is -2.09. The van der Waals surface area contributed by atoms with Crippen LogP contribution in [-0.2, 0) is 9.59 Å². The SMILES string of the molecule is O=C(CNC(=O)c1ccccc1)NCCNC(=O)COc1ccc(Cl)cc1. The van der Waals surface area contributed by atoms with Crippen molar-refractivity contribution in [2.45, 2.75) is 0 Å². The number of nitrogens with one attached hydrogen (secondary N) is 3. The molecule has 0 atom stereocenters. The Kier molecular flexibility index (Phi) is 8.12. The number of carbonyl (C=O) groups excluding carboxylic acids is 3. The smallest absolute Gasteiger partial charge is 0.258 e. The number of benzene rings is 2. The minimum atomic E-state index is -0.342. The van der Waals surface area contributed by atoms with Crippen molar-refractivity contribution >= 4 is 29.3 Å². The van der Waals surface area contributed by atoms with Crippen LogP contribution in [0, 0.1) is 0 Å². The zero-order valence-corrected chi connectivity index (χ0v) is 15.3. The molecule has 3 amide bonds. The van der Waals surface area contributed by atoms with Gasteiger partial charge < -0.3 is 20.7 Å². The van der Waals surface area contributed by atoms with Crippen LogP contribution >= 0.6 is 11.6 Å². The van der Waals surface area contributed by atoms with Crippen LogP contribution in [0.1, 0.15) is 10.4 Å². The molecule has 0 aliphatic rings. The second-order valence-electron chi connectivity index (χ2n) is 5.49. The lowest BCUT2D eigenvalue weighted by molar-refractivity contribution is -0.123. The fourth-order valence-corrected chi connectivity index (χ4v) is 2.18. The minimum absolute atomic E-state index is 0.136. The fourth-order valence-electron chi connectivity index (χ4n) is 2.05. The zero-order valence-electron chi connectivity index (χ0n) is 14.5. The molecule has 2 aromatic carbocycles. The molecule has 0 spiro atoms. The number of hydrogen-bond acceptors (Lipinski definition) is 4. The second-order valence-corrected chi connectivity index (χ2v) is 5.93. The van der Waals surface area contributed by atoms with Crippen LogP contribution in [0.5, 0.6) is 5.75 Å². The molecule has 0 heterocycles. The van der Waals surface area contributed by atoms with E-state index in [1.807, 2.05) is 0 Å². The van der Waals surface area contributed by atoms with E-state index < -0.39 is 0 Å². The molecule has 0 unspecified atom stereocenters. The van der Waals surface area contributed by atoms with Gasteiger partial charge in [-0.15, -0.1) is 0 Å². The van der Waals surface area contributed by atoms with E-state index in [-0.39, 0.29) is 44.0 Å². The van der Waals surface area contributed by atoms with Gasteiger partial charge in [-0.25, -0.2) is 0 Å². The summed E-state index contributed by atoms with van der Waals surface area (Å²) in [5, 5.41) is 8.33. The molecule has 0 aliphatic heterocycles. The van der Waals surface area contributed by atoms with E-state index in [2.05, 4.69) is 16.0 Å². The highest BCUT2D eigenvalue weighted by Gasteiger charge is 2.07. The summed E-state index contributed by atoms with van der Waals surface area (Å²) in [6.07, 6.45) is 0. The molecule has 0 aromatic heterocycles. The lowest BCUT2D eigenvalue weighted by Crippen LogP contribution is -2.41. The highest BCUT2D eigenvalue weighted by molar-refractivity contribution is 6.30. The summed E-state index contributed by atoms with van der Waals surface area (Å²) in [7, 11) is 0. The van der Waals surface area contributed by atoms with E-state index in [1.165, 1.54) is 0 Å². The summed E-state index contributed by atoms with van der Waals surface area (Å²) >= 11 is 5.76. The van der Waals surface area contributed by atoms with Gasteiger partial charge in [0.05, 0.1) is 6.54 Å². The molecular weight excluding hydrogens is 370 g/mol. The first-order chi connectivity index (χ1) is 13.0. The van der Waals surface area contributed by atoms with Gasteiger partial charge in [0.15, 0.2) is 6.61 Å². The second kappa shape index (κ2) is 10.8. The van der Waals surface area contributed by atoms with Crippen molar-refractivity contribution in [1.82, 2.24) is 16.0 Å². The van der Waals surface area contributed by atoms with E-state index in [9.17, 15) is 14.4 Å². The number of amides is 3. The summed E-state index contributed by atoms with van der Waals surface area (Å²) < 4.78 is 5.30. The lowest BCUT2D eigenvalue weighted by atomic mass is 10.2. The Morgan fingerprint density at radius 3 is 2.11 bits per heavy atom. The number of halogens is 1. The number of ether oxygens (including phenoxy) is 1. The van der Waals surface area contributed by atoms with Gasteiger partial charge >= 0.3 is 0 Å². The summed E-state index contributed by atoms with van der Waals surface area (Å²) in [5.41, 5.74) is 0.484. The summed E-state index contributed by atoms with van der Waals surface area (Å²) in [5.74, 6) is -0.432. The Labute approximate surface area is 162 Å². The minimum Gasteiger partial charge on any atom is -0.484 e. The van der Waals surface area contributed by atoms with Gasteiger partial charge in [0.1, 0.15) is 5.75 Å². The molecule has 2 aromatic rings. The first-order valence-corrected chi connectivity index (χ1v) is 8.67. The third-order valence-corrected chi connectivity index (χ3v) is 3.65. The molecule has 0 bridgehead atoms. The Hall–Kier alpha value is -3.06. The predicted octanol–water partition coefficient (Wildman–Crippen LogP) is 1.38. The van der Waals surface area contributed by atoms with Gasteiger partial charge in [-0.05, 0) is 36.4 Å². The van der Waals surface area contributed by atoms with Crippen molar-refractivity contribution in [3.8, 4) is 5.75 Å². The van der Waals surface area contributed by atoms with Crippen molar-refractivity contribution in [2.75, 3.05) is 26.2 Å². The monoisotopic (exact) mass is 389 g/mol. The van der Waals surface area contributed by atoms with Gasteiger partial charge in [0.2, 0.25) is 5.91 Å². The zero-order chi connectivity index (χ0) is 19.5. The maximum Gasteiger partial charge on any atom is 0.258 e. The van der Waals surface area contributed by atoms with Gasteiger partial charge in [0.25, 0.3) is 11.8 Å². The maximum atomic E-state index is 11.8. The average molecular weight is 390 g/mol. The Bertz CT molecular complexity index is 766. The summed E-state index contributed by atoms with van der Waals surface area (Å²) in [4.78, 5) is 35.2. The van der Waals surface area contributed by atoms with Crippen molar-refractivity contribution in [2.24, 2.45) is 0 Å². The largest absolute Gasteiger partial charge is 0.484 e. The van der Waals surface area contributed by atoms with E-state index in [1.54, 1.807) is 54.6 Å². The van der Waals surface area contributed by atoms with Crippen LogP contribution < -0.4 is 20.7 Å². The van der Waals surface area contributed by atoms with Crippen LogP contribution in [0.3, 0.4) is 0 Å². The molecule has 3 N–H and O–H groups in total. The van der Waals surface area contributed by atoms with E-state index in [0.29, 0.717) is 16.3 Å². The summed E-state index contributed by atoms with van der Waals surface area (Å²) in [6.45, 7) is 0.220. The van der Waals surface area contributed by atoms with Crippen LogP contribution in [0.2, 0.25) is 5.02 Å². The first kappa shape index (κ1) is 20.3. The maximum absolute atomic E-state index is 11.8. The fraction of sp³-hybridized carbons (Fsp3) is 0.211. The number of carbonyl (C=O) groups is 3. The molecule has 27 heavy (non-hydrogen) atoms. The molecule has 0 radical (unpaired) electrons. The van der Waals surface area contributed by atoms with Crippen LogP contribution in [0.4, 0.5) is 0 Å². The highest BCUT2D eigenvalue weighted by Crippen LogP contribution is 2.15. The molecule has 0 saturated heterocycles. The first-order valence-electron chi connectivity index (χ1n) is 8.29. The van der Waals surface area contributed by atoms with Gasteiger partial charge in [-0.3, -0.25) is 14.4 Å². The summed E-state index contributed by atoms with van der Waals surface area (Å²) in [6, 6.07) is 15.3. The van der Waals surface area contributed by atoms with Crippen molar-refractivity contribution in [3.63, 3.8) is 0 Å². The quantitative estimate of drug-likeness (QED) is 0.564. The van der Waals surface area contributed by atoms with Crippen molar-refractivity contribution in [3.05, 3.63) is 65.2 Å². The van der Waals surface area contributed by atoms with Crippen molar-refractivity contribution in [1.29, 1.82) is 0 Å². The van der Waals surface area contributed by atoms with E-state index in [4.69, 9.17) is 16.3 Å². The molecule has 7 nitrogen and oxygen atoms in total. The van der Waals surface area contributed by atoms with Crippen LogP contribution in [0.15, 0.2) is 54.6 Å². The molecule has 8 heteroatoms. The highest BCUT2D eigenvalue weighted by atomic mass is 35.5. The van der Waals surface area contributed by atoms with Gasteiger partial charge in [-0.1, -0.05) is 29.8 Å². The Balaban J connectivity index is 1.55. The van der Waals surface area contributed by atoms with E-state index >= 15 is 0 Å². The molecule has 0 fully saturated rings. The third kappa shape index (κ3) is 7.79. The molecule has 0 saturated carbocycles. The normalized spacial score (nSPS) is 9.96. The third-order valence-electron chi connectivity index (χ3n) is 3.40. The predicted molar refractivity (Wildman–Crippen MR) is 102 cm³/mol. The van der Waals surface area contributed by atoms with Crippen LogP contribution in [-0.4, -0.2) is 44.0 Å². The van der Waals surface area contributed by atoms with Gasteiger partial charge in [0, 0.05) is 23.7 Å². The topological polar surface area (TPSA) is 96.5 Å². The number of rotatable bonds is 9. The molecule has 142 valence electrons. The average Bonchev–Trinajstić information content (AvgIpc) is 2.69. The molecule has 0 aliphatic carbocycles. The van der Waals surface area contributed by atoms with Crippen LogP contribution in [0.25, 0.3) is 0 Å².